The highest BCUT2D eigenvalue weighted by Crippen LogP contribution is 2.29. The molecule has 0 saturated heterocycles. The lowest BCUT2D eigenvalue weighted by Crippen LogP contribution is -1.95. The van der Waals surface area contributed by atoms with Gasteiger partial charge in [-0.3, -0.25) is 9.89 Å². The van der Waals surface area contributed by atoms with Gasteiger partial charge in [-0.2, -0.15) is 10.2 Å². The Labute approximate surface area is 151 Å². The number of carbonyl (C=O) groups excluding carboxylic acids is 1. The average molecular weight is 428 g/mol. The van der Waals surface area contributed by atoms with Crippen LogP contribution >= 0.6 is 22.6 Å². The maximum atomic E-state index is 11.6. The van der Waals surface area contributed by atoms with Crippen LogP contribution in [-0.2, 0) is 0 Å². The number of benzene rings is 2. The van der Waals surface area contributed by atoms with Crippen LogP contribution in [0, 0.1) is 3.57 Å². The number of halogens is 1. The van der Waals surface area contributed by atoms with E-state index < -0.39 is 0 Å². The van der Waals surface area contributed by atoms with E-state index in [0.29, 0.717) is 5.69 Å². The van der Waals surface area contributed by atoms with E-state index >= 15 is 0 Å². The Morgan fingerprint density at radius 3 is 2.67 bits per heavy atom. The van der Waals surface area contributed by atoms with Gasteiger partial charge in [-0.25, -0.2) is 4.68 Å². The number of nitrogens with zero attached hydrogens (tertiary/aromatic N) is 3. The highest BCUT2D eigenvalue weighted by molar-refractivity contribution is 14.1. The number of hydrogen-bond donors (Lipinski definition) is 1. The Bertz CT molecular complexity index is 1050. The summed E-state index contributed by atoms with van der Waals surface area (Å²) in [5, 5.41) is 12.6. The molecule has 24 heavy (non-hydrogen) atoms. The predicted molar refractivity (Wildman–Crippen MR) is 101 cm³/mol. The molecule has 1 N–H and O–H groups in total. The molecule has 0 aliphatic carbocycles. The second kappa shape index (κ2) is 5.86. The summed E-state index contributed by atoms with van der Waals surface area (Å²) in [6.07, 6.45) is 1.84. The van der Waals surface area contributed by atoms with Crippen molar-refractivity contribution in [3.05, 3.63) is 64.0 Å². The zero-order chi connectivity index (χ0) is 16.7. The number of ketones is 1. The Hall–Kier alpha value is -2.48. The predicted octanol–water partition coefficient (Wildman–Crippen LogP) is 4.22. The van der Waals surface area contributed by atoms with Gasteiger partial charge in [0.1, 0.15) is 11.4 Å². The van der Waals surface area contributed by atoms with E-state index in [1.807, 2.05) is 59.4 Å². The Morgan fingerprint density at radius 1 is 1.17 bits per heavy atom. The molecular formula is C18H13IN4O. The van der Waals surface area contributed by atoms with Gasteiger partial charge in [-0.15, -0.1) is 0 Å². The van der Waals surface area contributed by atoms with E-state index in [-0.39, 0.29) is 5.78 Å². The molecule has 0 aliphatic heterocycles. The zero-order valence-corrected chi connectivity index (χ0v) is 15.0. The maximum Gasteiger partial charge on any atom is 0.178 e. The van der Waals surface area contributed by atoms with Crippen LogP contribution in [0.1, 0.15) is 17.4 Å². The average Bonchev–Trinajstić information content (AvgIpc) is 3.18. The Kier molecular flexibility index (Phi) is 3.68. The molecule has 0 unspecified atom stereocenters. The number of rotatable bonds is 3. The largest absolute Gasteiger partial charge is 0.293 e. The van der Waals surface area contributed by atoms with Crippen LogP contribution in [-0.4, -0.2) is 25.8 Å². The smallest absolute Gasteiger partial charge is 0.178 e. The molecule has 0 atom stereocenters. The van der Waals surface area contributed by atoms with Crippen molar-refractivity contribution in [1.29, 1.82) is 0 Å². The van der Waals surface area contributed by atoms with Crippen molar-refractivity contribution in [2.24, 2.45) is 0 Å². The van der Waals surface area contributed by atoms with E-state index in [1.165, 1.54) is 6.92 Å². The van der Waals surface area contributed by atoms with Gasteiger partial charge in [-0.05, 0) is 46.9 Å². The lowest BCUT2D eigenvalue weighted by Gasteiger charge is -2.04. The lowest BCUT2D eigenvalue weighted by atomic mass is 10.1. The summed E-state index contributed by atoms with van der Waals surface area (Å²) in [7, 11) is 0. The summed E-state index contributed by atoms with van der Waals surface area (Å²) in [4.78, 5) is 11.6. The number of Topliss-reactive ketones (excluding diaryl/α,β-unsaturated/α-hetero) is 1. The number of carbonyl (C=O) groups is 1. The molecule has 2 aromatic carbocycles. The topological polar surface area (TPSA) is 63.6 Å². The van der Waals surface area contributed by atoms with Crippen LogP contribution in [0.2, 0.25) is 0 Å². The van der Waals surface area contributed by atoms with Crippen molar-refractivity contribution >= 4 is 39.3 Å². The Morgan fingerprint density at radius 2 is 1.96 bits per heavy atom. The molecule has 6 heteroatoms. The minimum absolute atomic E-state index is 0.0175. The van der Waals surface area contributed by atoms with Gasteiger partial charge >= 0.3 is 0 Å². The molecule has 0 fully saturated rings. The van der Waals surface area contributed by atoms with E-state index in [1.54, 1.807) is 0 Å². The van der Waals surface area contributed by atoms with Gasteiger partial charge in [0.2, 0.25) is 0 Å². The van der Waals surface area contributed by atoms with Crippen molar-refractivity contribution in [3.63, 3.8) is 0 Å². The number of aromatic amines is 1. The molecule has 2 aromatic heterocycles. The fourth-order valence-corrected chi connectivity index (χ4v) is 3.64. The molecule has 0 bridgehead atoms. The Balaban J connectivity index is 1.82. The van der Waals surface area contributed by atoms with Crippen molar-refractivity contribution in [1.82, 2.24) is 20.0 Å². The zero-order valence-electron chi connectivity index (χ0n) is 12.8. The van der Waals surface area contributed by atoms with Crippen LogP contribution in [0.15, 0.2) is 54.7 Å². The highest BCUT2D eigenvalue weighted by atomic mass is 127. The molecule has 5 nitrogen and oxygen atoms in total. The third-order valence-corrected chi connectivity index (χ3v) is 4.95. The molecule has 0 radical (unpaired) electrons. The lowest BCUT2D eigenvalue weighted by molar-refractivity contribution is 0.101. The molecule has 0 spiro atoms. The second-order valence-electron chi connectivity index (χ2n) is 5.48. The van der Waals surface area contributed by atoms with Gasteiger partial charge in [-0.1, -0.05) is 24.3 Å². The number of para-hydroxylation sites is 1. The number of H-pyrrole nitrogens is 1. The first-order valence-corrected chi connectivity index (χ1v) is 8.51. The summed E-state index contributed by atoms with van der Waals surface area (Å²) in [6, 6.07) is 16.1. The van der Waals surface area contributed by atoms with Crippen molar-refractivity contribution in [2.75, 3.05) is 0 Å². The molecular weight excluding hydrogens is 415 g/mol. The van der Waals surface area contributed by atoms with Crippen LogP contribution in [0.3, 0.4) is 0 Å². The first-order chi connectivity index (χ1) is 11.6. The molecule has 0 aliphatic rings. The molecule has 0 saturated carbocycles. The number of aromatic nitrogens is 4. The number of nitrogens with one attached hydrogen (secondary N) is 1. The summed E-state index contributed by atoms with van der Waals surface area (Å²) in [6.45, 7) is 1.53. The van der Waals surface area contributed by atoms with Crippen LogP contribution in [0.4, 0.5) is 0 Å². The maximum absolute atomic E-state index is 11.6. The summed E-state index contributed by atoms with van der Waals surface area (Å²) in [5.74, 6) is -0.0175. The molecule has 0 amide bonds. The quantitative estimate of drug-likeness (QED) is 0.393. The second-order valence-corrected chi connectivity index (χ2v) is 6.56. The standard InChI is InChI=1S/C18H13IN4O/c1-11(24)17-16(19)18(22-21-17)12-7-8-15-13(9-12)10-20-23(15)14-5-3-2-4-6-14/h2-10H,1H3,(H,21,22). The number of hydrogen-bond acceptors (Lipinski definition) is 3. The van der Waals surface area contributed by atoms with Gasteiger partial charge in [0.25, 0.3) is 0 Å². The van der Waals surface area contributed by atoms with Gasteiger partial charge in [0, 0.05) is 17.9 Å². The molecule has 2 heterocycles. The van der Waals surface area contributed by atoms with Gasteiger partial charge in [0.05, 0.1) is 21.0 Å². The normalized spacial score (nSPS) is 11.1. The summed E-state index contributed by atoms with van der Waals surface area (Å²) >= 11 is 2.16. The van der Waals surface area contributed by atoms with E-state index in [9.17, 15) is 4.79 Å². The highest BCUT2D eigenvalue weighted by Gasteiger charge is 2.16. The molecule has 4 rings (SSSR count). The third kappa shape index (κ3) is 2.43. The minimum Gasteiger partial charge on any atom is -0.293 e. The van der Waals surface area contributed by atoms with Crippen molar-refractivity contribution in [2.45, 2.75) is 6.92 Å². The van der Waals surface area contributed by atoms with Crippen LogP contribution in [0.5, 0.6) is 0 Å². The summed E-state index contributed by atoms with van der Waals surface area (Å²) in [5.41, 5.74) is 4.35. The monoisotopic (exact) mass is 428 g/mol. The SMILES string of the molecule is CC(=O)c1[nH]nc(-c2ccc3c(cnn3-c3ccccc3)c2)c1I. The van der Waals surface area contributed by atoms with Crippen LogP contribution < -0.4 is 0 Å². The number of fused-ring (bicyclic) bond motifs is 1. The fourth-order valence-electron chi connectivity index (χ4n) is 2.71. The minimum atomic E-state index is -0.0175. The van der Waals surface area contributed by atoms with Gasteiger partial charge in [0.15, 0.2) is 5.78 Å². The van der Waals surface area contributed by atoms with Gasteiger partial charge < -0.3 is 0 Å². The van der Waals surface area contributed by atoms with Crippen molar-refractivity contribution in [3.8, 4) is 16.9 Å². The van der Waals surface area contributed by atoms with E-state index in [4.69, 9.17) is 0 Å². The first-order valence-electron chi connectivity index (χ1n) is 7.43. The van der Waals surface area contributed by atoms with Crippen LogP contribution in [0.25, 0.3) is 27.8 Å². The third-order valence-electron chi connectivity index (χ3n) is 3.90. The fraction of sp³-hybridized carbons (Fsp3) is 0.0556. The van der Waals surface area contributed by atoms with Crippen molar-refractivity contribution < 1.29 is 4.79 Å². The molecule has 118 valence electrons. The molecule has 4 aromatic rings. The van der Waals surface area contributed by atoms with E-state index in [0.717, 1.165) is 31.4 Å². The summed E-state index contributed by atoms with van der Waals surface area (Å²) < 4.78 is 2.75. The van der Waals surface area contributed by atoms with E-state index in [2.05, 4.69) is 37.9 Å². The first kappa shape index (κ1) is 15.1.